The van der Waals surface area contributed by atoms with E-state index in [1.54, 1.807) is 0 Å². The van der Waals surface area contributed by atoms with Gasteiger partial charge in [-0.25, -0.2) is 0 Å². The molecule has 0 fully saturated rings. The lowest BCUT2D eigenvalue weighted by Gasteiger charge is -2.58. The lowest BCUT2D eigenvalue weighted by molar-refractivity contribution is 0.221. The molecule has 168 valence electrons. The van der Waals surface area contributed by atoms with Gasteiger partial charge in [0.25, 0.3) is 0 Å². The normalized spacial score (nSPS) is 38.7. The van der Waals surface area contributed by atoms with Crippen LogP contribution in [0, 0.1) is 21.7 Å². The van der Waals surface area contributed by atoms with Crippen molar-refractivity contribution in [1.82, 2.24) is 0 Å². The zero-order valence-electron chi connectivity index (χ0n) is 20.5. The van der Waals surface area contributed by atoms with Crippen LogP contribution in [0.5, 0.6) is 0 Å². The van der Waals surface area contributed by atoms with Crippen molar-refractivity contribution in [2.45, 2.75) is 27.7 Å². The number of rotatable bonds is 0. The number of hydrogen-bond donors (Lipinski definition) is 0. The molecule has 0 amide bonds. The molecule has 6 aliphatic rings. The maximum absolute atomic E-state index is 2.43. The van der Waals surface area contributed by atoms with Crippen LogP contribution in [0.3, 0.4) is 0 Å². The Morgan fingerprint density at radius 2 is 0.647 bits per heavy atom. The van der Waals surface area contributed by atoms with Gasteiger partial charge in [-0.2, -0.15) is 0 Å². The summed E-state index contributed by atoms with van der Waals surface area (Å²) in [6.07, 6.45) is 45.3. The number of allylic oxidation sites excluding steroid dienone is 26. The fourth-order valence-electron chi connectivity index (χ4n) is 6.63. The second-order valence-corrected chi connectivity index (χ2v) is 10.9. The van der Waals surface area contributed by atoms with E-state index in [0.29, 0.717) is 0 Å². The van der Waals surface area contributed by atoms with Crippen LogP contribution in [0.2, 0.25) is 0 Å². The average molecular weight is 441 g/mol. The van der Waals surface area contributed by atoms with Crippen molar-refractivity contribution in [3.05, 3.63) is 155 Å². The molecule has 0 nitrogen and oxygen atoms in total. The first-order valence-corrected chi connectivity index (χ1v) is 12.4. The zero-order chi connectivity index (χ0) is 23.6. The van der Waals surface area contributed by atoms with Gasteiger partial charge in [0.05, 0.1) is 0 Å². The second-order valence-electron chi connectivity index (χ2n) is 10.9. The van der Waals surface area contributed by atoms with Crippen LogP contribution < -0.4 is 0 Å². The van der Waals surface area contributed by atoms with E-state index in [2.05, 4.69) is 149 Å². The fourth-order valence-corrected chi connectivity index (χ4v) is 6.63. The highest BCUT2D eigenvalue weighted by molar-refractivity contribution is 5.68. The summed E-state index contributed by atoms with van der Waals surface area (Å²) < 4.78 is 0. The standard InChI is InChI=1S/C34H32/c1-31-21-11-7-8-12-22-32(31,2)28-16-18-30-29(17-15-27(28)31)33(3)23-19-25-13-9-5-6-10-14-26(25)20-24-34(30,33)4/h5-24H,1-4H3. The maximum Gasteiger partial charge on any atom is 0.0239 e. The van der Waals surface area contributed by atoms with Crippen LogP contribution in [0.1, 0.15) is 27.7 Å². The van der Waals surface area contributed by atoms with E-state index in [0.717, 1.165) is 0 Å². The monoisotopic (exact) mass is 440 g/mol. The Labute approximate surface area is 204 Å². The Kier molecular flexibility index (Phi) is 4.40. The van der Waals surface area contributed by atoms with Gasteiger partial charge in [0.15, 0.2) is 0 Å². The Bertz CT molecular complexity index is 1280. The molecule has 4 unspecified atom stereocenters. The third-order valence-corrected chi connectivity index (χ3v) is 9.41. The molecule has 6 rings (SSSR count). The van der Waals surface area contributed by atoms with E-state index >= 15 is 0 Å². The van der Waals surface area contributed by atoms with Gasteiger partial charge in [-0.1, -0.05) is 149 Å². The van der Waals surface area contributed by atoms with Crippen LogP contribution >= 0.6 is 0 Å². The summed E-state index contributed by atoms with van der Waals surface area (Å²) in [5, 5.41) is 0. The highest BCUT2D eigenvalue weighted by Crippen LogP contribution is 2.67. The highest BCUT2D eigenvalue weighted by atomic mass is 14.6. The van der Waals surface area contributed by atoms with Crippen LogP contribution in [0.4, 0.5) is 0 Å². The van der Waals surface area contributed by atoms with Gasteiger partial charge in [-0.15, -0.1) is 0 Å². The fraction of sp³-hybridized carbons (Fsp3) is 0.235. The van der Waals surface area contributed by atoms with Crippen molar-refractivity contribution in [3.63, 3.8) is 0 Å². The summed E-state index contributed by atoms with van der Waals surface area (Å²) in [7, 11) is 0. The molecular formula is C34H32. The molecule has 0 radical (unpaired) electrons. The Morgan fingerprint density at radius 1 is 0.324 bits per heavy atom. The van der Waals surface area contributed by atoms with Crippen molar-refractivity contribution >= 4 is 0 Å². The smallest absolute Gasteiger partial charge is 0.0239 e. The van der Waals surface area contributed by atoms with Crippen LogP contribution in [-0.4, -0.2) is 0 Å². The van der Waals surface area contributed by atoms with E-state index in [1.807, 2.05) is 0 Å². The molecule has 0 bridgehead atoms. The Morgan fingerprint density at radius 3 is 1.03 bits per heavy atom. The maximum atomic E-state index is 2.43. The molecule has 4 atom stereocenters. The summed E-state index contributed by atoms with van der Waals surface area (Å²) in [5.41, 5.74) is 8.11. The van der Waals surface area contributed by atoms with Crippen molar-refractivity contribution < 1.29 is 0 Å². The van der Waals surface area contributed by atoms with E-state index in [9.17, 15) is 0 Å². The molecule has 0 heterocycles. The van der Waals surface area contributed by atoms with Gasteiger partial charge in [-0.3, -0.25) is 0 Å². The Hall–Kier alpha value is -3.38. The minimum atomic E-state index is -0.0562. The van der Waals surface area contributed by atoms with Crippen molar-refractivity contribution in [3.8, 4) is 0 Å². The largest absolute Gasteiger partial charge is 0.0730 e. The van der Waals surface area contributed by atoms with Gasteiger partial charge >= 0.3 is 0 Å². The minimum Gasteiger partial charge on any atom is -0.0730 e. The summed E-state index contributed by atoms with van der Waals surface area (Å²) in [4.78, 5) is 0. The molecule has 0 aromatic heterocycles. The first kappa shape index (κ1) is 21.2. The van der Waals surface area contributed by atoms with Gasteiger partial charge in [-0.05, 0) is 33.4 Å². The predicted octanol–water partition coefficient (Wildman–Crippen LogP) is 8.55. The van der Waals surface area contributed by atoms with Gasteiger partial charge < -0.3 is 0 Å². The first-order valence-electron chi connectivity index (χ1n) is 12.4. The quantitative estimate of drug-likeness (QED) is 0.354. The van der Waals surface area contributed by atoms with Crippen LogP contribution in [0.15, 0.2) is 155 Å². The topological polar surface area (TPSA) is 0 Å². The minimum absolute atomic E-state index is 0.00363. The molecule has 0 aromatic carbocycles. The van der Waals surface area contributed by atoms with E-state index in [1.165, 1.54) is 33.4 Å². The molecule has 0 N–H and O–H groups in total. The average Bonchev–Trinajstić information content (AvgIpc) is 2.78. The molecule has 0 spiro atoms. The van der Waals surface area contributed by atoms with Crippen molar-refractivity contribution in [2.24, 2.45) is 21.7 Å². The molecule has 0 aromatic rings. The van der Waals surface area contributed by atoms with E-state index < -0.39 is 0 Å². The summed E-state index contributed by atoms with van der Waals surface area (Å²) in [5.74, 6) is 0. The molecule has 0 saturated heterocycles. The Balaban J connectivity index is 1.45. The van der Waals surface area contributed by atoms with Crippen LogP contribution in [-0.2, 0) is 0 Å². The highest BCUT2D eigenvalue weighted by Gasteiger charge is 2.58. The van der Waals surface area contributed by atoms with Crippen molar-refractivity contribution in [2.75, 3.05) is 0 Å². The molecule has 0 aliphatic heterocycles. The molecule has 0 saturated carbocycles. The summed E-state index contributed by atoms with van der Waals surface area (Å²) >= 11 is 0. The molecular weight excluding hydrogens is 408 g/mol. The van der Waals surface area contributed by atoms with Crippen LogP contribution in [0.25, 0.3) is 0 Å². The van der Waals surface area contributed by atoms with Gasteiger partial charge in [0.1, 0.15) is 0 Å². The van der Waals surface area contributed by atoms with E-state index in [4.69, 9.17) is 0 Å². The molecule has 6 aliphatic carbocycles. The summed E-state index contributed by atoms with van der Waals surface area (Å²) in [6, 6.07) is 0. The lowest BCUT2D eigenvalue weighted by atomic mass is 9.44. The third-order valence-electron chi connectivity index (χ3n) is 9.41. The van der Waals surface area contributed by atoms with E-state index in [-0.39, 0.29) is 21.7 Å². The number of fused-ring (bicyclic) bond motifs is 6. The first-order chi connectivity index (χ1) is 16.3. The van der Waals surface area contributed by atoms with Crippen molar-refractivity contribution in [1.29, 1.82) is 0 Å². The predicted molar refractivity (Wildman–Crippen MR) is 145 cm³/mol. The second kappa shape index (κ2) is 7.06. The number of hydrogen-bond acceptors (Lipinski definition) is 0. The van der Waals surface area contributed by atoms with Gasteiger partial charge in [0.2, 0.25) is 0 Å². The summed E-state index contributed by atoms with van der Waals surface area (Å²) in [6.45, 7) is 9.54. The molecule has 34 heavy (non-hydrogen) atoms. The molecule has 0 heteroatoms. The lowest BCUT2D eigenvalue weighted by Crippen LogP contribution is -2.49. The SMILES string of the molecule is CC12C=CC=CC=CC1(C)C1=C2C=CC2=C(C=C1)C1(C)C=CC3=C(C=CC=CC=C3)C=CC21C. The van der Waals surface area contributed by atoms with Gasteiger partial charge in [0, 0.05) is 21.7 Å². The third kappa shape index (κ3) is 2.55. The zero-order valence-corrected chi connectivity index (χ0v) is 20.5.